The van der Waals surface area contributed by atoms with Crippen LogP contribution in [0.15, 0.2) is 54.6 Å². The van der Waals surface area contributed by atoms with Gasteiger partial charge in [0.1, 0.15) is 6.61 Å². The predicted molar refractivity (Wildman–Crippen MR) is 113 cm³/mol. The summed E-state index contributed by atoms with van der Waals surface area (Å²) in [5.74, 6) is -0.210. The van der Waals surface area contributed by atoms with E-state index >= 15 is 0 Å². The van der Waals surface area contributed by atoms with Gasteiger partial charge < -0.3 is 4.74 Å². The maximum Gasteiger partial charge on any atom is 0.269 e. The van der Waals surface area contributed by atoms with Crippen LogP contribution in [0.5, 0.6) is 0 Å². The van der Waals surface area contributed by atoms with Crippen LogP contribution in [0.25, 0.3) is 11.4 Å². The molecule has 1 saturated carbocycles. The molecule has 1 fully saturated rings. The van der Waals surface area contributed by atoms with Crippen LogP contribution in [-0.4, -0.2) is 44.7 Å². The molecular weight excluding hydrogens is 396 g/mol. The zero-order valence-corrected chi connectivity index (χ0v) is 17.0. The highest BCUT2D eigenvalue weighted by Gasteiger charge is 2.17. The van der Waals surface area contributed by atoms with Crippen molar-refractivity contribution < 1.29 is 14.3 Å². The van der Waals surface area contributed by atoms with Crippen LogP contribution in [-0.2, 0) is 16.1 Å². The quantitative estimate of drug-likeness (QED) is 0.567. The minimum absolute atomic E-state index is 0.0558. The lowest BCUT2D eigenvalue weighted by atomic mass is 10.1. The number of rotatable bonds is 7. The summed E-state index contributed by atoms with van der Waals surface area (Å²) >= 11 is 0. The average Bonchev–Trinajstić information content (AvgIpc) is 3.49. The van der Waals surface area contributed by atoms with Gasteiger partial charge in [-0.05, 0) is 35.8 Å². The number of tetrazole rings is 1. The number of hydrazine groups is 1. The first-order valence-electron chi connectivity index (χ1n) is 10.3. The van der Waals surface area contributed by atoms with Crippen molar-refractivity contribution in [2.24, 2.45) is 0 Å². The molecule has 0 bridgehead atoms. The molecule has 1 aromatic heterocycles. The number of carbonyl (C=O) groups is 2. The van der Waals surface area contributed by atoms with Gasteiger partial charge in [-0.1, -0.05) is 55.3 Å². The summed E-state index contributed by atoms with van der Waals surface area (Å²) in [6.45, 7) is 0.372. The third-order valence-corrected chi connectivity index (χ3v) is 5.09. The molecule has 1 heterocycles. The van der Waals surface area contributed by atoms with Gasteiger partial charge in [0.2, 0.25) is 5.82 Å². The molecule has 0 spiro atoms. The van der Waals surface area contributed by atoms with Crippen LogP contribution in [0, 0.1) is 0 Å². The standard InChI is InChI=1S/C22H24N6O3/c29-20(15-31-19-8-4-5-9-19)23-25-22(30)18-12-10-16(11-13-18)14-28-26-21(24-27-28)17-6-2-1-3-7-17/h1-3,6-7,10-13,19H,4-5,8-9,14-15H2,(H,23,29)(H,25,30). The lowest BCUT2D eigenvalue weighted by molar-refractivity contribution is -0.128. The Kier molecular flexibility index (Phi) is 6.63. The predicted octanol–water partition coefficient (Wildman–Crippen LogP) is 2.11. The molecule has 0 saturated heterocycles. The van der Waals surface area contributed by atoms with Crippen LogP contribution < -0.4 is 10.9 Å². The number of hydrogen-bond donors (Lipinski definition) is 2. The molecule has 3 aromatic rings. The fraction of sp³-hybridized carbons (Fsp3) is 0.318. The monoisotopic (exact) mass is 420 g/mol. The van der Waals surface area contributed by atoms with Crippen LogP contribution in [0.1, 0.15) is 41.6 Å². The Morgan fingerprint density at radius 1 is 1.00 bits per heavy atom. The Balaban J connectivity index is 1.25. The summed E-state index contributed by atoms with van der Waals surface area (Å²) in [6, 6.07) is 16.6. The highest BCUT2D eigenvalue weighted by Crippen LogP contribution is 2.20. The molecule has 0 radical (unpaired) electrons. The smallest absolute Gasteiger partial charge is 0.269 e. The van der Waals surface area contributed by atoms with Gasteiger partial charge >= 0.3 is 0 Å². The molecule has 1 aliphatic carbocycles. The van der Waals surface area contributed by atoms with Crippen LogP contribution >= 0.6 is 0 Å². The highest BCUT2D eigenvalue weighted by molar-refractivity contribution is 5.95. The third-order valence-electron chi connectivity index (χ3n) is 5.09. The van der Waals surface area contributed by atoms with Crippen molar-refractivity contribution in [2.75, 3.05) is 6.61 Å². The van der Waals surface area contributed by atoms with E-state index in [1.54, 1.807) is 12.1 Å². The number of benzene rings is 2. The first-order valence-corrected chi connectivity index (χ1v) is 10.3. The molecule has 2 aromatic carbocycles. The fourth-order valence-electron chi connectivity index (χ4n) is 3.42. The van der Waals surface area contributed by atoms with Crippen LogP contribution in [0.4, 0.5) is 0 Å². The van der Waals surface area contributed by atoms with E-state index in [1.165, 1.54) is 4.80 Å². The molecule has 0 unspecified atom stereocenters. The summed E-state index contributed by atoms with van der Waals surface area (Å²) in [5, 5.41) is 12.5. The van der Waals surface area contributed by atoms with Gasteiger partial charge in [-0.25, -0.2) is 0 Å². The fourth-order valence-corrected chi connectivity index (χ4v) is 3.42. The van der Waals surface area contributed by atoms with Gasteiger partial charge in [0, 0.05) is 11.1 Å². The molecule has 2 N–H and O–H groups in total. The molecule has 0 aliphatic heterocycles. The summed E-state index contributed by atoms with van der Waals surface area (Å²) < 4.78 is 5.52. The molecule has 0 atom stereocenters. The van der Waals surface area contributed by atoms with Gasteiger partial charge in [-0.2, -0.15) is 4.80 Å². The Morgan fingerprint density at radius 2 is 1.74 bits per heavy atom. The molecule has 2 amide bonds. The summed E-state index contributed by atoms with van der Waals surface area (Å²) in [7, 11) is 0. The van der Waals surface area contributed by atoms with E-state index in [9.17, 15) is 9.59 Å². The first-order chi connectivity index (χ1) is 15.2. The van der Waals surface area contributed by atoms with Crippen LogP contribution in [0.2, 0.25) is 0 Å². The average molecular weight is 420 g/mol. The van der Waals surface area contributed by atoms with Crippen molar-refractivity contribution in [3.05, 3.63) is 65.7 Å². The summed E-state index contributed by atoms with van der Waals surface area (Å²) in [6.07, 6.45) is 4.41. The van der Waals surface area contributed by atoms with E-state index in [-0.39, 0.29) is 18.6 Å². The Labute approximate surface area is 179 Å². The topological polar surface area (TPSA) is 111 Å². The molecule has 1 aliphatic rings. The van der Waals surface area contributed by atoms with Crippen molar-refractivity contribution >= 4 is 11.8 Å². The maximum absolute atomic E-state index is 12.2. The zero-order valence-electron chi connectivity index (χ0n) is 17.0. The lowest BCUT2D eigenvalue weighted by Gasteiger charge is -2.11. The number of amides is 2. The zero-order chi connectivity index (χ0) is 21.5. The van der Waals surface area contributed by atoms with Crippen molar-refractivity contribution in [3.63, 3.8) is 0 Å². The van der Waals surface area contributed by atoms with Crippen LogP contribution in [0.3, 0.4) is 0 Å². The summed E-state index contributed by atoms with van der Waals surface area (Å²) in [5.41, 5.74) is 7.03. The SMILES string of the molecule is O=C(COC1CCCC1)NNC(=O)c1ccc(Cn2nnc(-c3ccccc3)n2)cc1. The second kappa shape index (κ2) is 9.94. The van der Waals surface area contributed by atoms with E-state index in [2.05, 4.69) is 26.3 Å². The largest absolute Gasteiger partial charge is 0.368 e. The highest BCUT2D eigenvalue weighted by atomic mass is 16.5. The molecule has 160 valence electrons. The van der Waals surface area contributed by atoms with E-state index in [0.717, 1.165) is 36.8 Å². The summed E-state index contributed by atoms with van der Waals surface area (Å²) in [4.78, 5) is 25.6. The second-order valence-electron chi connectivity index (χ2n) is 7.43. The molecule has 4 rings (SSSR count). The minimum Gasteiger partial charge on any atom is -0.368 e. The van der Waals surface area contributed by atoms with E-state index in [1.807, 2.05) is 42.5 Å². The normalized spacial score (nSPS) is 13.8. The van der Waals surface area contributed by atoms with Gasteiger partial charge in [-0.3, -0.25) is 20.4 Å². The van der Waals surface area contributed by atoms with Gasteiger partial charge in [-0.15, -0.1) is 10.2 Å². The van der Waals surface area contributed by atoms with Gasteiger partial charge in [0.25, 0.3) is 11.8 Å². The molecule has 31 heavy (non-hydrogen) atoms. The first kappa shape index (κ1) is 20.7. The third kappa shape index (κ3) is 5.73. The van der Waals surface area contributed by atoms with E-state index in [4.69, 9.17) is 4.74 Å². The van der Waals surface area contributed by atoms with Crippen molar-refractivity contribution in [1.82, 2.24) is 31.1 Å². The maximum atomic E-state index is 12.2. The Bertz CT molecular complexity index is 1010. The van der Waals surface area contributed by atoms with Crippen molar-refractivity contribution in [1.29, 1.82) is 0 Å². The number of aromatic nitrogens is 4. The van der Waals surface area contributed by atoms with E-state index < -0.39 is 5.91 Å². The molecular formula is C22H24N6O3. The van der Waals surface area contributed by atoms with Crippen molar-refractivity contribution in [2.45, 2.75) is 38.3 Å². The Hall–Kier alpha value is -3.59. The number of ether oxygens (including phenoxy) is 1. The number of hydrogen-bond acceptors (Lipinski definition) is 6. The number of carbonyl (C=O) groups excluding carboxylic acids is 2. The second-order valence-corrected chi connectivity index (χ2v) is 7.43. The minimum atomic E-state index is -0.397. The van der Waals surface area contributed by atoms with Gasteiger partial charge in [0.15, 0.2) is 0 Å². The molecule has 9 heteroatoms. The lowest BCUT2D eigenvalue weighted by Crippen LogP contribution is -2.43. The van der Waals surface area contributed by atoms with Crippen molar-refractivity contribution in [3.8, 4) is 11.4 Å². The van der Waals surface area contributed by atoms with Gasteiger partial charge in [0.05, 0.1) is 12.6 Å². The number of nitrogens with zero attached hydrogens (tertiary/aromatic N) is 4. The number of nitrogens with one attached hydrogen (secondary N) is 2. The van der Waals surface area contributed by atoms with E-state index in [0.29, 0.717) is 17.9 Å². The Morgan fingerprint density at radius 3 is 2.48 bits per heavy atom. The molecule has 9 nitrogen and oxygen atoms in total.